The molecule has 2 aliphatic heterocycles. The van der Waals surface area contributed by atoms with Crippen molar-refractivity contribution in [2.75, 3.05) is 53.1 Å². The number of aromatic nitrogens is 1. The van der Waals surface area contributed by atoms with Crippen LogP contribution in [0.1, 0.15) is 10.5 Å². The minimum atomic E-state index is -3.78. The Hall–Kier alpha value is -1.46. The normalized spacial score (nSPS) is 25.7. The topological polar surface area (TPSA) is 99.1 Å². The summed E-state index contributed by atoms with van der Waals surface area (Å²) >= 11 is 0. The Morgan fingerprint density at radius 2 is 2.16 bits per heavy atom. The number of nitrogens with zero attached hydrogens (tertiary/aromatic N) is 2. The molecule has 1 aromatic rings. The molecule has 1 spiro atoms. The maximum Gasteiger partial charge on any atom is 0.354 e. The second-order valence-electron chi connectivity index (χ2n) is 6.21. The monoisotopic (exact) mass is 373 g/mol. The van der Waals surface area contributed by atoms with E-state index in [1.165, 1.54) is 35.2 Å². The van der Waals surface area contributed by atoms with Gasteiger partial charge in [-0.05, 0) is 12.1 Å². The fraction of sp³-hybridized carbons (Fsp3) is 0.667. The fourth-order valence-electron chi connectivity index (χ4n) is 3.17. The van der Waals surface area contributed by atoms with Crippen molar-refractivity contribution >= 4 is 16.0 Å². The number of sulfonamides is 1. The van der Waals surface area contributed by atoms with E-state index in [1.807, 2.05) is 0 Å². The van der Waals surface area contributed by atoms with E-state index >= 15 is 0 Å². The van der Waals surface area contributed by atoms with Crippen molar-refractivity contribution in [1.29, 1.82) is 0 Å². The van der Waals surface area contributed by atoms with Crippen LogP contribution in [0.15, 0.2) is 17.2 Å². The molecule has 9 nitrogen and oxygen atoms in total. The summed E-state index contributed by atoms with van der Waals surface area (Å²) in [6, 6.07) is 2.87. The number of hydrogen-bond acceptors (Lipinski definition) is 7. The van der Waals surface area contributed by atoms with E-state index in [-0.39, 0.29) is 23.8 Å². The average molecular weight is 373 g/mol. The fourth-order valence-corrected chi connectivity index (χ4v) is 4.84. The quantitative estimate of drug-likeness (QED) is 0.692. The number of ether oxygens (including phenoxy) is 3. The van der Waals surface area contributed by atoms with Gasteiger partial charge in [0.1, 0.15) is 11.3 Å². The van der Waals surface area contributed by atoms with Crippen LogP contribution in [0.5, 0.6) is 0 Å². The number of carbonyl (C=O) groups excluding carboxylic acids is 1. The summed E-state index contributed by atoms with van der Waals surface area (Å²) in [5.41, 5.74) is -0.512. The molecule has 0 aliphatic carbocycles. The first-order chi connectivity index (χ1) is 11.9. The van der Waals surface area contributed by atoms with Crippen LogP contribution in [0, 0.1) is 0 Å². The number of methoxy groups -OCH3 is 1. The smallest absolute Gasteiger partial charge is 0.354 e. The van der Waals surface area contributed by atoms with Gasteiger partial charge in [0.05, 0.1) is 26.9 Å². The lowest BCUT2D eigenvalue weighted by atomic mass is 10.0. The summed E-state index contributed by atoms with van der Waals surface area (Å²) in [5, 5.41) is 3.27. The van der Waals surface area contributed by atoms with E-state index in [9.17, 15) is 13.2 Å². The van der Waals surface area contributed by atoms with Crippen LogP contribution in [0.2, 0.25) is 0 Å². The number of hydrogen-bond donors (Lipinski definition) is 1. The van der Waals surface area contributed by atoms with Crippen LogP contribution in [-0.2, 0) is 31.3 Å². The molecule has 0 unspecified atom stereocenters. The highest BCUT2D eigenvalue weighted by molar-refractivity contribution is 7.89. The van der Waals surface area contributed by atoms with Gasteiger partial charge in [0.2, 0.25) is 0 Å². The van der Waals surface area contributed by atoms with Gasteiger partial charge in [-0.15, -0.1) is 0 Å². The van der Waals surface area contributed by atoms with E-state index in [0.717, 1.165) is 0 Å². The minimum Gasteiger partial charge on any atom is -0.464 e. The first-order valence-electron chi connectivity index (χ1n) is 8.06. The van der Waals surface area contributed by atoms with Crippen molar-refractivity contribution in [2.24, 2.45) is 7.05 Å². The zero-order chi connectivity index (χ0) is 18.1. The molecular formula is C15H23N3O6S. The zero-order valence-corrected chi connectivity index (χ0v) is 15.2. The van der Waals surface area contributed by atoms with Crippen molar-refractivity contribution in [1.82, 2.24) is 14.2 Å². The SMILES string of the molecule is COC(=O)c1ccc(S(=O)(=O)N2CCO[C@]3(CNCCOC3)C2)n1C. The summed E-state index contributed by atoms with van der Waals surface area (Å²) in [5.74, 6) is -0.580. The second kappa shape index (κ2) is 7.04. The molecular weight excluding hydrogens is 350 g/mol. The first kappa shape index (κ1) is 18.3. The zero-order valence-electron chi connectivity index (χ0n) is 14.4. The minimum absolute atomic E-state index is 0.0486. The van der Waals surface area contributed by atoms with Crippen molar-refractivity contribution in [2.45, 2.75) is 10.6 Å². The van der Waals surface area contributed by atoms with Crippen LogP contribution in [0.4, 0.5) is 0 Å². The van der Waals surface area contributed by atoms with Gasteiger partial charge in [-0.1, -0.05) is 0 Å². The molecule has 3 rings (SSSR count). The molecule has 0 amide bonds. The molecule has 2 aliphatic rings. The average Bonchev–Trinajstić information content (AvgIpc) is 2.86. The standard InChI is InChI=1S/C15H23N3O6S/c1-17-12(14(19)22-2)3-4-13(17)25(20,21)18-6-8-24-15(10-18)9-16-5-7-23-11-15/h3-4,16H,5-11H2,1-2H3/t15-/m1/s1. The second-order valence-corrected chi connectivity index (χ2v) is 8.09. The van der Waals surface area contributed by atoms with Gasteiger partial charge in [0.25, 0.3) is 10.0 Å². The van der Waals surface area contributed by atoms with E-state index in [2.05, 4.69) is 10.1 Å². The Kier molecular flexibility index (Phi) is 5.16. The third-order valence-corrected chi connectivity index (χ3v) is 6.45. The van der Waals surface area contributed by atoms with E-state index < -0.39 is 21.6 Å². The molecule has 0 aromatic carbocycles. The van der Waals surface area contributed by atoms with Gasteiger partial charge in [-0.3, -0.25) is 0 Å². The van der Waals surface area contributed by atoms with E-state index in [0.29, 0.717) is 32.9 Å². The van der Waals surface area contributed by atoms with Crippen LogP contribution in [0.3, 0.4) is 0 Å². The molecule has 0 saturated carbocycles. The van der Waals surface area contributed by atoms with E-state index in [4.69, 9.17) is 9.47 Å². The number of carbonyl (C=O) groups is 1. The molecule has 0 bridgehead atoms. The van der Waals surface area contributed by atoms with Crippen molar-refractivity contribution in [3.63, 3.8) is 0 Å². The number of nitrogens with one attached hydrogen (secondary N) is 1. The lowest BCUT2D eigenvalue weighted by molar-refractivity contribution is -0.118. The van der Waals surface area contributed by atoms with Gasteiger partial charge in [0, 0.05) is 33.2 Å². The lowest BCUT2D eigenvalue weighted by Gasteiger charge is -2.41. The molecule has 1 N–H and O–H groups in total. The van der Waals surface area contributed by atoms with Gasteiger partial charge in [-0.25, -0.2) is 13.2 Å². The largest absolute Gasteiger partial charge is 0.464 e. The molecule has 25 heavy (non-hydrogen) atoms. The molecule has 3 heterocycles. The number of esters is 1. The van der Waals surface area contributed by atoms with Crippen molar-refractivity contribution < 1.29 is 27.4 Å². The molecule has 2 saturated heterocycles. The Bertz CT molecular complexity index is 736. The van der Waals surface area contributed by atoms with E-state index in [1.54, 1.807) is 0 Å². The Morgan fingerprint density at radius 3 is 2.92 bits per heavy atom. The predicted molar refractivity (Wildman–Crippen MR) is 87.9 cm³/mol. The summed E-state index contributed by atoms with van der Waals surface area (Å²) in [4.78, 5) is 11.7. The summed E-state index contributed by atoms with van der Waals surface area (Å²) in [6.45, 7) is 2.88. The third kappa shape index (κ3) is 3.44. The summed E-state index contributed by atoms with van der Waals surface area (Å²) < 4.78 is 45.0. The van der Waals surface area contributed by atoms with Gasteiger partial charge in [0.15, 0.2) is 5.03 Å². The highest BCUT2D eigenvalue weighted by atomic mass is 32.2. The highest BCUT2D eigenvalue weighted by Crippen LogP contribution is 2.26. The summed E-state index contributed by atoms with van der Waals surface area (Å²) in [7, 11) is -0.984. The predicted octanol–water partition coefficient (Wildman–Crippen LogP) is -0.809. The molecule has 0 radical (unpaired) electrons. The maximum absolute atomic E-state index is 13.1. The van der Waals surface area contributed by atoms with Crippen LogP contribution >= 0.6 is 0 Å². The first-order valence-corrected chi connectivity index (χ1v) is 9.50. The maximum atomic E-state index is 13.1. The highest BCUT2D eigenvalue weighted by Gasteiger charge is 2.43. The van der Waals surface area contributed by atoms with Crippen molar-refractivity contribution in [3.05, 3.63) is 17.8 Å². The molecule has 2 fully saturated rings. The van der Waals surface area contributed by atoms with Crippen LogP contribution in [0.25, 0.3) is 0 Å². The van der Waals surface area contributed by atoms with Gasteiger partial charge >= 0.3 is 5.97 Å². The molecule has 1 atom stereocenters. The van der Waals surface area contributed by atoms with Gasteiger partial charge in [-0.2, -0.15) is 4.31 Å². The Labute approximate surface area is 146 Å². The Morgan fingerprint density at radius 1 is 1.36 bits per heavy atom. The molecule has 1 aromatic heterocycles. The number of rotatable bonds is 3. The van der Waals surface area contributed by atoms with Crippen LogP contribution < -0.4 is 5.32 Å². The van der Waals surface area contributed by atoms with Gasteiger partial charge < -0.3 is 24.1 Å². The number of morpholine rings is 1. The van der Waals surface area contributed by atoms with Crippen molar-refractivity contribution in [3.8, 4) is 0 Å². The lowest BCUT2D eigenvalue weighted by Crippen LogP contribution is -2.59. The van der Waals surface area contributed by atoms with Crippen LogP contribution in [-0.4, -0.2) is 82.0 Å². The summed E-state index contributed by atoms with van der Waals surface area (Å²) in [6.07, 6.45) is 0. The third-order valence-electron chi connectivity index (χ3n) is 4.52. The molecule has 140 valence electrons. The Balaban J connectivity index is 1.87. The molecule has 10 heteroatoms.